The molecule has 0 bridgehead atoms. The molecule has 9 heteroatoms. The third kappa shape index (κ3) is 3.65. The maximum Gasteiger partial charge on any atom is 0.405 e. The molecule has 4 rings (SSSR count). The molecule has 1 aliphatic carbocycles. The Morgan fingerprint density at radius 2 is 1.87 bits per heavy atom. The van der Waals surface area contributed by atoms with Crippen LogP contribution >= 0.6 is 23.2 Å². The molecule has 0 radical (unpaired) electrons. The summed E-state index contributed by atoms with van der Waals surface area (Å²) in [6.45, 7) is -0.442. The van der Waals surface area contributed by atoms with Gasteiger partial charge in [0.15, 0.2) is 0 Å². The number of aliphatic imine (C=N–C) groups is 1. The fourth-order valence-corrected chi connectivity index (χ4v) is 4.82. The van der Waals surface area contributed by atoms with Crippen LogP contribution < -0.4 is 5.32 Å². The predicted molar refractivity (Wildman–Crippen MR) is 109 cm³/mol. The molecule has 158 valence electrons. The second kappa shape index (κ2) is 7.46. The van der Waals surface area contributed by atoms with Crippen molar-refractivity contribution >= 4 is 35.0 Å². The summed E-state index contributed by atoms with van der Waals surface area (Å²) in [5, 5.41) is 11.7. The summed E-state index contributed by atoms with van der Waals surface area (Å²) < 4.78 is 42.7. The highest BCUT2D eigenvalue weighted by atomic mass is 35.5. The highest BCUT2D eigenvalue weighted by molar-refractivity contribution is 6.34. The Bertz CT molecular complexity index is 1030. The van der Waals surface area contributed by atoms with E-state index < -0.39 is 24.2 Å². The van der Waals surface area contributed by atoms with Gasteiger partial charge in [0.1, 0.15) is 5.41 Å². The summed E-state index contributed by atoms with van der Waals surface area (Å²) in [6, 6.07) is 8.97. The number of benzene rings is 2. The van der Waals surface area contributed by atoms with E-state index in [4.69, 9.17) is 28.3 Å². The number of nitrogens with one attached hydrogen (secondary N) is 1. The monoisotopic (exact) mass is 456 g/mol. The van der Waals surface area contributed by atoms with Crippen LogP contribution in [0, 0.1) is 0 Å². The SMILES string of the molecule is O=C(O)NC1CCc2cc(C3=NCC(c4cc(Cl)cc(Cl)c4)(C(F)(F)F)C3)ccc21. The fraction of sp³-hybridized carbons (Fsp3) is 0.333. The number of carboxylic acid groups (broad SMARTS) is 1. The van der Waals surface area contributed by atoms with E-state index in [1.807, 2.05) is 6.07 Å². The molecule has 4 nitrogen and oxygen atoms in total. The van der Waals surface area contributed by atoms with Gasteiger partial charge in [-0.3, -0.25) is 4.99 Å². The topological polar surface area (TPSA) is 61.7 Å². The molecular formula is C21H17Cl2F3N2O2. The lowest BCUT2D eigenvalue weighted by Crippen LogP contribution is -2.43. The van der Waals surface area contributed by atoms with E-state index in [0.29, 0.717) is 24.1 Å². The molecule has 0 spiro atoms. The zero-order chi connectivity index (χ0) is 21.7. The van der Waals surface area contributed by atoms with E-state index in [2.05, 4.69) is 10.3 Å². The van der Waals surface area contributed by atoms with Crippen LogP contribution in [0.4, 0.5) is 18.0 Å². The summed E-state index contributed by atoms with van der Waals surface area (Å²) in [6.07, 6.45) is -4.70. The average molecular weight is 457 g/mol. The number of halogens is 5. The molecule has 30 heavy (non-hydrogen) atoms. The normalized spacial score (nSPS) is 23.2. The van der Waals surface area contributed by atoms with Gasteiger partial charge in [0, 0.05) is 22.2 Å². The quantitative estimate of drug-likeness (QED) is 0.599. The Morgan fingerprint density at radius 3 is 2.50 bits per heavy atom. The van der Waals surface area contributed by atoms with Crippen LogP contribution in [0.25, 0.3) is 0 Å². The second-order valence-electron chi connectivity index (χ2n) is 7.63. The van der Waals surface area contributed by atoms with Crippen molar-refractivity contribution < 1.29 is 23.1 Å². The first-order chi connectivity index (χ1) is 14.1. The molecule has 2 N–H and O–H groups in total. The van der Waals surface area contributed by atoms with Crippen LogP contribution in [0.15, 0.2) is 41.4 Å². The Hall–Kier alpha value is -2.25. The largest absolute Gasteiger partial charge is 0.465 e. The minimum atomic E-state index is -4.54. The molecule has 2 atom stereocenters. The summed E-state index contributed by atoms with van der Waals surface area (Å²) >= 11 is 11.9. The second-order valence-corrected chi connectivity index (χ2v) is 8.50. The molecule has 2 aromatic rings. The van der Waals surface area contributed by atoms with Crippen molar-refractivity contribution in [2.24, 2.45) is 4.99 Å². The molecule has 1 amide bonds. The molecule has 0 fully saturated rings. The standard InChI is InChI=1S/C21H17Cl2F3N2O2/c22-14-6-13(7-15(23)8-14)20(21(24,25)26)9-18(27-10-20)12-1-3-16-11(5-12)2-4-17(16)28-19(29)30/h1,3,5-8,17,28H,2,4,9-10H2,(H,29,30). The summed E-state index contributed by atoms with van der Waals surface area (Å²) in [7, 11) is 0. The van der Waals surface area contributed by atoms with Gasteiger partial charge in [0.05, 0.1) is 12.6 Å². The lowest BCUT2D eigenvalue weighted by atomic mass is 9.76. The number of amides is 1. The van der Waals surface area contributed by atoms with Crippen LogP contribution in [0.1, 0.15) is 41.1 Å². The first-order valence-corrected chi connectivity index (χ1v) is 10.0. The molecule has 1 aliphatic heterocycles. The van der Waals surface area contributed by atoms with Crippen molar-refractivity contribution in [2.75, 3.05) is 6.54 Å². The maximum absolute atomic E-state index is 14.2. The van der Waals surface area contributed by atoms with Crippen molar-refractivity contribution in [2.45, 2.75) is 36.9 Å². The van der Waals surface area contributed by atoms with Gasteiger partial charge in [-0.2, -0.15) is 13.2 Å². The lowest BCUT2D eigenvalue weighted by molar-refractivity contribution is -0.183. The smallest absolute Gasteiger partial charge is 0.405 e. The lowest BCUT2D eigenvalue weighted by Gasteiger charge is -2.31. The van der Waals surface area contributed by atoms with Gasteiger partial charge in [-0.15, -0.1) is 0 Å². The highest BCUT2D eigenvalue weighted by Crippen LogP contribution is 2.49. The number of hydrogen-bond donors (Lipinski definition) is 2. The minimum absolute atomic E-state index is 0.00173. The third-order valence-electron chi connectivity index (χ3n) is 5.82. The van der Waals surface area contributed by atoms with Crippen molar-refractivity contribution in [3.8, 4) is 0 Å². The van der Waals surface area contributed by atoms with Crippen LogP contribution in [0.2, 0.25) is 10.0 Å². The number of fused-ring (bicyclic) bond motifs is 1. The number of rotatable bonds is 3. The van der Waals surface area contributed by atoms with E-state index in [1.54, 1.807) is 12.1 Å². The number of nitrogens with zero attached hydrogens (tertiary/aromatic N) is 1. The first kappa shape index (κ1) is 21.0. The zero-order valence-corrected chi connectivity index (χ0v) is 17.1. The van der Waals surface area contributed by atoms with Crippen LogP contribution in [0.5, 0.6) is 0 Å². The van der Waals surface area contributed by atoms with E-state index in [9.17, 15) is 18.0 Å². The molecule has 2 aromatic carbocycles. The molecule has 1 heterocycles. The zero-order valence-electron chi connectivity index (χ0n) is 15.6. The van der Waals surface area contributed by atoms with Crippen molar-refractivity contribution in [1.82, 2.24) is 5.32 Å². The van der Waals surface area contributed by atoms with Crippen LogP contribution in [-0.4, -0.2) is 29.6 Å². The van der Waals surface area contributed by atoms with Crippen molar-refractivity contribution in [1.29, 1.82) is 0 Å². The molecule has 0 aromatic heterocycles. The molecule has 2 unspecified atom stereocenters. The van der Waals surface area contributed by atoms with E-state index in [-0.39, 0.29) is 28.1 Å². The van der Waals surface area contributed by atoms with Gasteiger partial charge >= 0.3 is 12.3 Å². The third-order valence-corrected chi connectivity index (χ3v) is 6.25. The molecular weight excluding hydrogens is 440 g/mol. The molecule has 0 saturated heterocycles. The molecule has 2 aliphatic rings. The Balaban J connectivity index is 1.66. The highest BCUT2D eigenvalue weighted by Gasteiger charge is 2.58. The first-order valence-electron chi connectivity index (χ1n) is 9.28. The van der Waals surface area contributed by atoms with Gasteiger partial charge in [-0.25, -0.2) is 4.79 Å². The Kier molecular flexibility index (Phi) is 5.22. The number of alkyl halides is 3. The minimum Gasteiger partial charge on any atom is -0.465 e. The number of carbonyl (C=O) groups is 1. The van der Waals surface area contributed by atoms with Gasteiger partial charge in [-0.1, -0.05) is 35.3 Å². The van der Waals surface area contributed by atoms with Crippen molar-refractivity contribution in [3.63, 3.8) is 0 Å². The van der Waals surface area contributed by atoms with E-state index in [0.717, 1.165) is 11.1 Å². The van der Waals surface area contributed by atoms with E-state index >= 15 is 0 Å². The van der Waals surface area contributed by atoms with Gasteiger partial charge in [0.2, 0.25) is 0 Å². The number of aryl methyl sites for hydroxylation is 1. The van der Waals surface area contributed by atoms with Gasteiger partial charge in [-0.05, 0) is 59.4 Å². The maximum atomic E-state index is 14.2. The summed E-state index contributed by atoms with van der Waals surface area (Å²) in [5.41, 5.74) is 0.555. The van der Waals surface area contributed by atoms with Crippen molar-refractivity contribution in [3.05, 3.63) is 68.7 Å². The van der Waals surface area contributed by atoms with Crippen LogP contribution in [0.3, 0.4) is 0 Å². The Morgan fingerprint density at radius 1 is 1.17 bits per heavy atom. The van der Waals surface area contributed by atoms with Crippen LogP contribution in [-0.2, 0) is 11.8 Å². The van der Waals surface area contributed by atoms with Gasteiger partial charge in [0.25, 0.3) is 0 Å². The predicted octanol–water partition coefficient (Wildman–Crippen LogP) is 5.94. The Labute approximate surface area is 180 Å². The summed E-state index contributed by atoms with van der Waals surface area (Å²) in [4.78, 5) is 15.2. The average Bonchev–Trinajstić information content (AvgIpc) is 3.25. The molecule has 0 saturated carbocycles. The summed E-state index contributed by atoms with van der Waals surface area (Å²) in [5.74, 6) is 0. The number of hydrogen-bond acceptors (Lipinski definition) is 2. The fourth-order valence-electron chi connectivity index (χ4n) is 4.29. The van der Waals surface area contributed by atoms with Gasteiger partial charge < -0.3 is 10.4 Å². The van der Waals surface area contributed by atoms with E-state index in [1.165, 1.54) is 18.2 Å².